The van der Waals surface area contributed by atoms with Crippen LogP contribution in [0.1, 0.15) is 37.9 Å². The van der Waals surface area contributed by atoms with Crippen molar-refractivity contribution in [3.8, 4) is 0 Å². The molecule has 1 aromatic heterocycles. The van der Waals surface area contributed by atoms with Gasteiger partial charge in [0.15, 0.2) is 5.82 Å². The zero-order chi connectivity index (χ0) is 14.9. The molecule has 0 bridgehead atoms. The first-order chi connectivity index (χ1) is 9.45. The first-order valence-electron chi connectivity index (χ1n) is 7.12. The molecule has 1 heterocycles. The van der Waals surface area contributed by atoms with Crippen molar-refractivity contribution in [3.05, 3.63) is 35.5 Å². The third-order valence-electron chi connectivity index (χ3n) is 3.51. The predicted molar refractivity (Wildman–Crippen MR) is 85.6 cm³/mol. The molecule has 0 spiro atoms. The highest BCUT2D eigenvalue weighted by Gasteiger charge is 2.21. The number of hydrogen-bond donors (Lipinski definition) is 1. The Morgan fingerprint density at radius 2 is 2.05 bits per heavy atom. The zero-order valence-electron chi connectivity index (χ0n) is 13.0. The molecule has 0 amide bonds. The number of aryl methyl sites for hydroxylation is 2. The van der Waals surface area contributed by atoms with Gasteiger partial charge >= 0.3 is 0 Å². The molecule has 2 aromatic rings. The molecule has 1 aromatic carbocycles. The van der Waals surface area contributed by atoms with E-state index in [1.165, 1.54) is 5.56 Å². The second-order valence-electron chi connectivity index (χ2n) is 5.48. The molecule has 0 fully saturated rings. The van der Waals surface area contributed by atoms with Crippen molar-refractivity contribution < 1.29 is 0 Å². The van der Waals surface area contributed by atoms with E-state index in [4.69, 9.17) is 5.73 Å². The Labute approximate surface area is 121 Å². The number of nitrogens with zero attached hydrogens (tertiary/aromatic N) is 3. The standard InChI is InChI=1S/C16H24N4/c1-6-20(13-9-7-8-12(4)10-13)16-14(17)15(11(2)3)18-19(16)5/h7-11H,6,17H2,1-5H3. The molecule has 0 radical (unpaired) electrons. The number of hydrogen-bond acceptors (Lipinski definition) is 3. The van der Waals surface area contributed by atoms with Crippen molar-refractivity contribution in [1.29, 1.82) is 0 Å². The normalized spacial score (nSPS) is 11.1. The molecule has 0 atom stereocenters. The highest BCUT2D eigenvalue weighted by atomic mass is 15.4. The average Bonchev–Trinajstić information content (AvgIpc) is 2.68. The van der Waals surface area contributed by atoms with E-state index in [1.54, 1.807) is 0 Å². The molecular formula is C16H24N4. The van der Waals surface area contributed by atoms with Gasteiger partial charge in [-0.2, -0.15) is 5.10 Å². The van der Waals surface area contributed by atoms with Gasteiger partial charge in [-0.15, -0.1) is 0 Å². The first kappa shape index (κ1) is 14.4. The summed E-state index contributed by atoms with van der Waals surface area (Å²) in [7, 11) is 1.95. The van der Waals surface area contributed by atoms with Crippen LogP contribution in [0.15, 0.2) is 24.3 Å². The van der Waals surface area contributed by atoms with Crippen molar-refractivity contribution in [1.82, 2.24) is 9.78 Å². The van der Waals surface area contributed by atoms with Crippen LogP contribution in [-0.2, 0) is 7.05 Å². The molecule has 2 N–H and O–H groups in total. The molecule has 0 aliphatic heterocycles. The Balaban J connectivity index is 2.53. The van der Waals surface area contributed by atoms with Crippen LogP contribution in [0.4, 0.5) is 17.2 Å². The molecule has 108 valence electrons. The molecule has 0 unspecified atom stereocenters. The summed E-state index contributed by atoms with van der Waals surface area (Å²) in [5.41, 5.74) is 10.5. The fourth-order valence-electron chi connectivity index (χ4n) is 2.55. The summed E-state index contributed by atoms with van der Waals surface area (Å²) in [6.45, 7) is 9.31. The maximum atomic E-state index is 6.33. The maximum Gasteiger partial charge on any atom is 0.154 e. The van der Waals surface area contributed by atoms with Crippen LogP contribution in [0.2, 0.25) is 0 Å². The largest absolute Gasteiger partial charge is 0.394 e. The van der Waals surface area contributed by atoms with Gasteiger partial charge in [0, 0.05) is 19.3 Å². The zero-order valence-corrected chi connectivity index (χ0v) is 13.0. The number of benzene rings is 1. The van der Waals surface area contributed by atoms with Crippen LogP contribution in [0.5, 0.6) is 0 Å². The van der Waals surface area contributed by atoms with Crippen molar-refractivity contribution >= 4 is 17.2 Å². The van der Waals surface area contributed by atoms with E-state index < -0.39 is 0 Å². The lowest BCUT2D eigenvalue weighted by Gasteiger charge is -2.24. The fraction of sp³-hybridized carbons (Fsp3) is 0.438. The van der Waals surface area contributed by atoms with Gasteiger partial charge in [-0.3, -0.25) is 4.68 Å². The highest BCUT2D eigenvalue weighted by Crippen LogP contribution is 2.34. The SMILES string of the molecule is CCN(c1cccc(C)c1)c1c(N)c(C(C)C)nn1C. The van der Waals surface area contributed by atoms with E-state index in [0.29, 0.717) is 5.92 Å². The third-order valence-corrected chi connectivity index (χ3v) is 3.51. The number of nitrogens with two attached hydrogens (primary N) is 1. The summed E-state index contributed by atoms with van der Waals surface area (Å²) < 4.78 is 1.89. The van der Waals surface area contributed by atoms with Crippen LogP contribution in [-0.4, -0.2) is 16.3 Å². The Kier molecular flexibility index (Phi) is 4.02. The maximum absolute atomic E-state index is 6.33. The van der Waals surface area contributed by atoms with Gasteiger partial charge in [-0.1, -0.05) is 26.0 Å². The molecule has 0 aliphatic carbocycles. The minimum atomic E-state index is 0.325. The van der Waals surface area contributed by atoms with Crippen LogP contribution < -0.4 is 10.6 Å². The minimum absolute atomic E-state index is 0.325. The van der Waals surface area contributed by atoms with Gasteiger partial charge in [0.25, 0.3) is 0 Å². The molecule has 4 heteroatoms. The van der Waals surface area contributed by atoms with Gasteiger partial charge in [0.05, 0.1) is 11.4 Å². The summed E-state index contributed by atoms with van der Waals surface area (Å²) in [6, 6.07) is 8.45. The monoisotopic (exact) mass is 272 g/mol. The first-order valence-corrected chi connectivity index (χ1v) is 7.12. The lowest BCUT2D eigenvalue weighted by molar-refractivity contribution is 0.706. The summed E-state index contributed by atoms with van der Waals surface area (Å²) in [4.78, 5) is 2.21. The van der Waals surface area contributed by atoms with Gasteiger partial charge < -0.3 is 10.6 Å². The number of anilines is 3. The van der Waals surface area contributed by atoms with E-state index in [1.807, 2.05) is 11.7 Å². The molecule has 0 saturated carbocycles. The van der Waals surface area contributed by atoms with Crippen LogP contribution in [0, 0.1) is 6.92 Å². The van der Waals surface area contributed by atoms with Crippen molar-refractivity contribution in [2.24, 2.45) is 7.05 Å². The molecule has 2 rings (SSSR count). The van der Waals surface area contributed by atoms with Crippen LogP contribution in [0.3, 0.4) is 0 Å². The summed E-state index contributed by atoms with van der Waals surface area (Å²) in [5.74, 6) is 1.30. The Hall–Kier alpha value is -1.97. The average molecular weight is 272 g/mol. The second kappa shape index (κ2) is 5.57. The smallest absolute Gasteiger partial charge is 0.154 e. The van der Waals surface area contributed by atoms with Crippen molar-refractivity contribution in [2.75, 3.05) is 17.2 Å². The molecule has 20 heavy (non-hydrogen) atoms. The molecular weight excluding hydrogens is 248 g/mol. The van der Waals surface area contributed by atoms with Crippen LogP contribution in [0.25, 0.3) is 0 Å². The van der Waals surface area contributed by atoms with E-state index in [2.05, 4.69) is 62.0 Å². The van der Waals surface area contributed by atoms with Gasteiger partial charge in [-0.25, -0.2) is 0 Å². The van der Waals surface area contributed by atoms with E-state index in [9.17, 15) is 0 Å². The minimum Gasteiger partial charge on any atom is -0.394 e. The van der Waals surface area contributed by atoms with E-state index in [-0.39, 0.29) is 0 Å². The fourth-order valence-corrected chi connectivity index (χ4v) is 2.55. The van der Waals surface area contributed by atoms with E-state index in [0.717, 1.165) is 29.4 Å². The third kappa shape index (κ3) is 2.50. The van der Waals surface area contributed by atoms with Crippen molar-refractivity contribution in [3.63, 3.8) is 0 Å². The summed E-state index contributed by atoms with van der Waals surface area (Å²) in [6.07, 6.45) is 0. The van der Waals surface area contributed by atoms with Gasteiger partial charge in [0.1, 0.15) is 0 Å². The van der Waals surface area contributed by atoms with Gasteiger partial charge in [-0.05, 0) is 37.5 Å². The van der Waals surface area contributed by atoms with E-state index >= 15 is 0 Å². The number of nitrogen functional groups attached to an aromatic ring is 1. The summed E-state index contributed by atoms with van der Waals surface area (Å²) in [5, 5.41) is 4.58. The Morgan fingerprint density at radius 3 is 2.55 bits per heavy atom. The van der Waals surface area contributed by atoms with Crippen molar-refractivity contribution in [2.45, 2.75) is 33.6 Å². The second-order valence-corrected chi connectivity index (χ2v) is 5.48. The molecule has 4 nitrogen and oxygen atoms in total. The lowest BCUT2D eigenvalue weighted by atomic mass is 10.1. The van der Waals surface area contributed by atoms with Crippen LogP contribution >= 0.6 is 0 Å². The quantitative estimate of drug-likeness (QED) is 0.925. The number of rotatable bonds is 4. The molecule has 0 aliphatic rings. The predicted octanol–water partition coefficient (Wildman–Crippen LogP) is 3.59. The number of aromatic nitrogens is 2. The Bertz CT molecular complexity index is 599. The summed E-state index contributed by atoms with van der Waals surface area (Å²) >= 11 is 0. The topological polar surface area (TPSA) is 47.1 Å². The lowest BCUT2D eigenvalue weighted by Crippen LogP contribution is -2.20. The molecule has 0 saturated heterocycles. The van der Waals surface area contributed by atoms with Gasteiger partial charge in [0.2, 0.25) is 0 Å². The highest BCUT2D eigenvalue weighted by molar-refractivity contribution is 5.74. The Morgan fingerprint density at radius 1 is 1.35 bits per heavy atom.